The Labute approximate surface area is 184 Å². The third kappa shape index (κ3) is 3.33. The van der Waals surface area contributed by atoms with Crippen LogP contribution in [0.4, 0.5) is 11.4 Å². The zero-order valence-corrected chi connectivity index (χ0v) is 17.8. The molecule has 0 bridgehead atoms. The van der Waals surface area contributed by atoms with Crippen molar-refractivity contribution in [2.75, 3.05) is 10.2 Å². The number of thiophene rings is 1. The number of imide groups is 1. The predicted octanol–water partition coefficient (Wildman–Crippen LogP) is 5.86. The number of benzene rings is 3. The molecule has 2 heterocycles. The molecule has 1 aliphatic heterocycles. The van der Waals surface area contributed by atoms with Gasteiger partial charge in [0.2, 0.25) is 0 Å². The maximum Gasteiger partial charge on any atom is 0.282 e. The minimum Gasteiger partial charge on any atom is -0.350 e. The molecule has 2 amide bonds. The van der Waals surface area contributed by atoms with Crippen LogP contribution in [0.3, 0.4) is 0 Å². The molecule has 1 aliphatic rings. The molecule has 0 unspecified atom stereocenters. The van der Waals surface area contributed by atoms with Crippen LogP contribution in [-0.4, -0.2) is 11.8 Å². The Bertz CT molecular complexity index is 1320. The fourth-order valence-corrected chi connectivity index (χ4v) is 4.65. The van der Waals surface area contributed by atoms with Gasteiger partial charge in [-0.05, 0) is 47.0 Å². The second kappa shape index (κ2) is 7.85. The van der Waals surface area contributed by atoms with Crippen molar-refractivity contribution >= 4 is 50.9 Å². The summed E-state index contributed by atoms with van der Waals surface area (Å²) in [6, 6.07) is 25.1. The SMILES string of the molecule is CCc1ccc(NC2=C(c3cccs3)C(=O)N(c3cccc4ccccc34)C2=O)cc1. The van der Waals surface area contributed by atoms with Crippen LogP contribution in [0.1, 0.15) is 17.4 Å². The molecule has 0 spiro atoms. The largest absolute Gasteiger partial charge is 0.350 e. The molecular formula is C26H20N2O2S. The lowest BCUT2D eigenvalue weighted by molar-refractivity contribution is -0.120. The molecule has 0 saturated heterocycles. The van der Waals surface area contributed by atoms with Crippen LogP contribution >= 0.6 is 11.3 Å². The van der Waals surface area contributed by atoms with E-state index in [4.69, 9.17) is 0 Å². The third-order valence-corrected chi connectivity index (χ3v) is 6.38. The number of rotatable bonds is 5. The van der Waals surface area contributed by atoms with Gasteiger partial charge in [0, 0.05) is 16.0 Å². The third-order valence-electron chi connectivity index (χ3n) is 5.49. The molecule has 0 saturated carbocycles. The highest BCUT2D eigenvalue weighted by atomic mass is 32.1. The van der Waals surface area contributed by atoms with Gasteiger partial charge < -0.3 is 5.32 Å². The lowest BCUT2D eigenvalue weighted by atomic mass is 10.1. The summed E-state index contributed by atoms with van der Waals surface area (Å²) in [7, 11) is 0. The molecule has 152 valence electrons. The molecule has 3 aromatic carbocycles. The van der Waals surface area contributed by atoms with E-state index in [0.717, 1.165) is 27.8 Å². The van der Waals surface area contributed by atoms with Crippen molar-refractivity contribution in [3.8, 4) is 0 Å². The van der Waals surface area contributed by atoms with Crippen molar-refractivity contribution < 1.29 is 9.59 Å². The molecule has 0 atom stereocenters. The summed E-state index contributed by atoms with van der Waals surface area (Å²) >= 11 is 1.45. The number of anilines is 2. The summed E-state index contributed by atoms with van der Waals surface area (Å²) in [5.74, 6) is -0.652. The molecule has 1 N–H and O–H groups in total. The summed E-state index contributed by atoms with van der Waals surface area (Å²) in [5.41, 5.74) is 3.31. The zero-order valence-electron chi connectivity index (χ0n) is 17.0. The summed E-state index contributed by atoms with van der Waals surface area (Å²) < 4.78 is 0. The second-order valence-corrected chi connectivity index (χ2v) is 8.29. The molecule has 0 radical (unpaired) electrons. The first-order valence-corrected chi connectivity index (χ1v) is 11.1. The van der Waals surface area contributed by atoms with E-state index < -0.39 is 0 Å². The van der Waals surface area contributed by atoms with Crippen LogP contribution in [0.15, 0.2) is 89.9 Å². The monoisotopic (exact) mass is 424 g/mol. The van der Waals surface area contributed by atoms with Gasteiger partial charge in [-0.1, -0.05) is 61.5 Å². The maximum absolute atomic E-state index is 13.6. The molecular weight excluding hydrogens is 404 g/mol. The highest BCUT2D eigenvalue weighted by molar-refractivity contribution is 7.11. The highest BCUT2D eigenvalue weighted by Crippen LogP contribution is 2.38. The number of nitrogens with zero attached hydrogens (tertiary/aromatic N) is 1. The van der Waals surface area contributed by atoms with E-state index in [2.05, 4.69) is 12.2 Å². The standard InChI is InChI=1S/C26H20N2O2S/c1-2-17-12-14-19(15-13-17)27-24-23(22-11-6-16-31-22)25(29)28(26(24)30)21-10-5-8-18-7-3-4-9-20(18)21/h3-16,27H,2H2,1H3. The minimum absolute atomic E-state index is 0.309. The van der Waals surface area contributed by atoms with Crippen molar-refractivity contribution in [2.45, 2.75) is 13.3 Å². The average Bonchev–Trinajstić information content (AvgIpc) is 3.41. The van der Waals surface area contributed by atoms with E-state index in [0.29, 0.717) is 17.0 Å². The van der Waals surface area contributed by atoms with Crippen LogP contribution in [0.25, 0.3) is 16.3 Å². The van der Waals surface area contributed by atoms with Gasteiger partial charge in [-0.15, -0.1) is 11.3 Å². The Morgan fingerprint density at radius 2 is 1.61 bits per heavy atom. The van der Waals surface area contributed by atoms with Gasteiger partial charge in [0.15, 0.2) is 0 Å². The van der Waals surface area contributed by atoms with Gasteiger partial charge in [-0.25, -0.2) is 4.90 Å². The molecule has 5 rings (SSSR count). The quantitative estimate of drug-likeness (QED) is 0.408. The Balaban J connectivity index is 1.61. The summed E-state index contributed by atoms with van der Waals surface area (Å²) in [6.07, 6.45) is 0.940. The smallest absolute Gasteiger partial charge is 0.282 e. The van der Waals surface area contributed by atoms with Crippen LogP contribution in [0, 0.1) is 0 Å². The van der Waals surface area contributed by atoms with Crippen LogP contribution < -0.4 is 10.2 Å². The summed E-state index contributed by atoms with van der Waals surface area (Å²) in [6.45, 7) is 2.10. The van der Waals surface area contributed by atoms with E-state index in [1.165, 1.54) is 21.8 Å². The molecule has 31 heavy (non-hydrogen) atoms. The molecule has 4 nitrogen and oxygen atoms in total. The predicted molar refractivity (Wildman–Crippen MR) is 127 cm³/mol. The first-order valence-electron chi connectivity index (χ1n) is 10.2. The maximum atomic E-state index is 13.6. The Morgan fingerprint density at radius 3 is 2.35 bits per heavy atom. The topological polar surface area (TPSA) is 49.4 Å². The van der Waals surface area contributed by atoms with Crippen LogP contribution in [-0.2, 0) is 16.0 Å². The van der Waals surface area contributed by atoms with Gasteiger partial charge in [0.1, 0.15) is 5.70 Å². The molecule has 5 heteroatoms. The normalized spacial score (nSPS) is 14.0. The van der Waals surface area contributed by atoms with Crippen molar-refractivity contribution in [1.29, 1.82) is 0 Å². The van der Waals surface area contributed by atoms with Gasteiger partial charge >= 0.3 is 0 Å². The van der Waals surface area contributed by atoms with E-state index in [9.17, 15) is 9.59 Å². The number of amides is 2. The van der Waals surface area contributed by atoms with Crippen molar-refractivity contribution in [3.05, 3.63) is 100 Å². The lowest BCUT2D eigenvalue weighted by Crippen LogP contribution is -2.32. The Hall–Kier alpha value is -3.70. The second-order valence-electron chi connectivity index (χ2n) is 7.35. The first kappa shape index (κ1) is 19.3. The van der Waals surface area contributed by atoms with Crippen LogP contribution in [0.5, 0.6) is 0 Å². The van der Waals surface area contributed by atoms with E-state index in [-0.39, 0.29) is 11.8 Å². The number of carbonyl (C=O) groups is 2. The first-order chi connectivity index (χ1) is 15.2. The fraction of sp³-hybridized carbons (Fsp3) is 0.0769. The Kier molecular flexibility index (Phi) is 4.88. The zero-order chi connectivity index (χ0) is 21.4. The number of hydrogen-bond acceptors (Lipinski definition) is 4. The fourth-order valence-electron chi connectivity index (χ4n) is 3.89. The highest BCUT2D eigenvalue weighted by Gasteiger charge is 2.41. The number of aryl methyl sites for hydroxylation is 1. The summed E-state index contributed by atoms with van der Waals surface area (Å²) in [4.78, 5) is 29.2. The Morgan fingerprint density at radius 1 is 0.839 bits per heavy atom. The van der Waals surface area contributed by atoms with E-state index >= 15 is 0 Å². The minimum atomic E-state index is -0.343. The van der Waals surface area contributed by atoms with Crippen molar-refractivity contribution in [3.63, 3.8) is 0 Å². The van der Waals surface area contributed by atoms with Crippen LogP contribution in [0.2, 0.25) is 0 Å². The van der Waals surface area contributed by atoms with Crippen molar-refractivity contribution in [1.82, 2.24) is 0 Å². The average molecular weight is 425 g/mol. The van der Waals surface area contributed by atoms with Gasteiger partial charge in [0.25, 0.3) is 11.8 Å². The van der Waals surface area contributed by atoms with E-state index in [1.54, 1.807) is 0 Å². The van der Waals surface area contributed by atoms with Gasteiger partial charge in [0.05, 0.1) is 11.3 Å². The van der Waals surface area contributed by atoms with E-state index in [1.807, 2.05) is 84.2 Å². The number of carbonyl (C=O) groups excluding carboxylic acids is 2. The molecule has 0 aliphatic carbocycles. The lowest BCUT2D eigenvalue weighted by Gasteiger charge is -2.17. The molecule has 1 aromatic heterocycles. The summed E-state index contributed by atoms with van der Waals surface area (Å²) in [5, 5.41) is 6.99. The van der Waals surface area contributed by atoms with Crippen molar-refractivity contribution in [2.24, 2.45) is 0 Å². The molecule has 4 aromatic rings. The number of nitrogens with one attached hydrogen (secondary N) is 1. The van der Waals surface area contributed by atoms with Gasteiger partial charge in [-0.3, -0.25) is 9.59 Å². The number of hydrogen-bond donors (Lipinski definition) is 1. The van der Waals surface area contributed by atoms with Gasteiger partial charge in [-0.2, -0.15) is 0 Å². The molecule has 0 fully saturated rings. The number of fused-ring (bicyclic) bond motifs is 1.